The Morgan fingerprint density at radius 3 is 2.50 bits per heavy atom. The van der Waals surface area contributed by atoms with Crippen molar-refractivity contribution in [2.75, 3.05) is 19.6 Å². The van der Waals surface area contributed by atoms with Gasteiger partial charge in [0, 0.05) is 30.7 Å². The molecule has 0 aliphatic carbocycles. The Bertz CT molecular complexity index is 962. The molecule has 4 rings (SSSR count). The molecule has 3 heterocycles. The second kappa shape index (κ2) is 6.33. The molecule has 2 fully saturated rings. The van der Waals surface area contributed by atoms with Gasteiger partial charge in [-0.25, -0.2) is 13.2 Å². The molecule has 26 heavy (non-hydrogen) atoms. The van der Waals surface area contributed by atoms with E-state index in [2.05, 4.69) is 10.3 Å². The number of imide groups is 1. The molecule has 0 saturated carbocycles. The second-order valence-electron chi connectivity index (χ2n) is 6.39. The normalized spacial score (nSPS) is 19.9. The lowest BCUT2D eigenvalue weighted by Gasteiger charge is -2.34. The molecule has 8 nitrogen and oxygen atoms in total. The molecule has 0 spiro atoms. The van der Waals surface area contributed by atoms with E-state index < -0.39 is 16.1 Å². The van der Waals surface area contributed by atoms with E-state index in [1.54, 1.807) is 24.4 Å². The summed E-state index contributed by atoms with van der Waals surface area (Å²) in [5, 5.41) is 3.27. The maximum atomic E-state index is 13.1. The second-order valence-corrected chi connectivity index (χ2v) is 8.30. The summed E-state index contributed by atoms with van der Waals surface area (Å²) in [5.41, 5.74) is 0.450. The minimum atomic E-state index is -3.70. The van der Waals surface area contributed by atoms with Crippen LogP contribution >= 0.6 is 0 Å². The number of rotatable bonds is 3. The molecular formula is C17H18N4O4S. The van der Waals surface area contributed by atoms with Gasteiger partial charge < -0.3 is 5.32 Å². The molecule has 0 unspecified atom stereocenters. The molecule has 2 aliphatic heterocycles. The lowest BCUT2D eigenvalue weighted by molar-refractivity contribution is -0.127. The maximum Gasteiger partial charge on any atom is 0.324 e. The monoisotopic (exact) mass is 374 g/mol. The fourth-order valence-corrected chi connectivity index (χ4v) is 5.20. The average Bonchev–Trinajstić information content (AvgIpc) is 2.99. The predicted octanol–water partition coefficient (Wildman–Crippen LogP) is 0.940. The van der Waals surface area contributed by atoms with Crippen LogP contribution in [0.5, 0.6) is 0 Å². The Balaban J connectivity index is 1.57. The van der Waals surface area contributed by atoms with Crippen LogP contribution in [0.4, 0.5) is 4.79 Å². The molecule has 1 N–H and O–H groups in total. The van der Waals surface area contributed by atoms with Crippen molar-refractivity contribution in [2.45, 2.75) is 23.8 Å². The smallest absolute Gasteiger partial charge is 0.324 e. The molecule has 9 heteroatoms. The van der Waals surface area contributed by atoms with Gasteiger partial charge in [0.2, 0.25) is 15.9 Å². The predicted molar refractivity (Wildman–Crippen MR) is 93.8 cm³/mol. The van der Waals surface area contributed by atoms with Crippen molar-refractivity contribution in [3.05, 3.63) is 36.5 Å². The highest BCUT2D eigenvalue weighted by molar-refractivity contribution is 7.89. The van der Waals surface area contributed by atoms with Crippen LogP contribution in [-0.4, -0.2) is 60.2 Å². The Morgan fingerprint density at radius 1 is 1.08 bits per heavy atom. The van der Waals surface area contributed by atoms with Gasteiger partial charge in [-0.05, 0) is 25.0 Å². The Labute approximate surface area is 150 Å². The molecule has 2 aromatic rings. The van der Waals surface area contributed by atoms with Gasteiger partial charge in [-0.15, -0.1) is 0 Å². The van der Waals surface area contributed by atoms with E-state index in [-0.39, 0.29) is 36.5 Å². The zero-order chi connectivity index (χ0) is 18.3. The lowest BCUT2D eigenvalue weighted by atomic mass is 10.1. The van der Waals surface area contributed by atoms with Crippen LogP contribution in [-0.2, 0) is 14.8 Å². The highest BCUT2D eigenvalue weighted by Crippen LogP contribution is 2.27. The van der Waals surface area contributed by atoms with E-state index in [0.717, 1.165) is 5.39 Å². The number of carbonyl (C=O) groups excluding carboxylic acids is 2. The third-order valence-corrected chi connectivity index (χ3v) is 6.81. The van der Waals surface area contributed by atoms with Crippen LogP contribution < -0.4 is 5.32 Å². The number of benzene rings is 1. The number of piperidine rings is 1. The Hall–Kier alpha value is -2.52. The molecule has 0 bridgehead atoms. The summed E-state index contributed by atoms with van der Waals surface area (Å²) >= 11 is 0. The van der Waals surface area contributed by atoms with Gasteiger partial charge in [-0.2, -0.15) is 4.31 Å². The van der Waals surface area contributed by atoms with Crippen LogP contribution in [0.15, 0.2) is 41.4 Å². The summed E-state index contributed by atoms with van der Waals surface area (Å²) in [6.07, 6.45) is 2.43. The Kier molecular flexibility index (Phi) is 4.12. The van der Waals surface area contributed by atoms with E-state index in [0.29, 0.717) is 18.4 Å². The molecule has 1 aromatic carbocycles. The number of fused-ring (bicyclic) bond motifs is 1. The summed E-state index contributed by atoms with van der Waals surface area (Å²) in [7, 11) is -3.70. The number of hydrogen-bond donors (Lipinski definition) is 1. The molecule has 0 radical (unpaired) electrons. The van der Waals surface area contributed by atoms with Crippen molar-refractivity contribution in [1.29, 1.82) is 0 Å². The number of nitrogens with zero attached hydrogens (tertiary/aromatic N) is 3. The van der Waals surface area contributed by atoms with Crippen LogP contribution in [0.3, 0.4) is 0 Å². The van der Waals surface area contributed by atoms with Gasteiger partial charge in [-0.3, -0.25) is 14.7 Å². The fourth-order valence-electron chi connectivity index (χ4n) is 3.57. The van der Waals surface area contributed by atoms with Gasteiger partial charge in [0.1, 0.15) is 4.90 Å². The largest absolute Gasteiger partial charge is 0.329 e. The van der Waals surface area contributed by atoms with Gasteiger partial charge in [0.05, 0.1) is 12.1 Å². The van der Waals surface area contributed by atoms with Crippen LogP contribution in [0.2, 0.25) is 0 Å². The first-order valence-corrected chi connectivity index (χ1v) is 9.86. The zero-order valence-electron chi connectivity index (χ0n) is 14.0. The molecule has 2 aliphatic rings. The number of aromatic nitrogens is 1. The molecule has 136 valence electrons. The highest BCUT2D eigenvalue weighted by atomic mass is 32.2. The molecular weight excluding hydrogens is 356 g/mol. The average molecular weight is 374 g/mol. The number of sulfonamides is 1. The number of carbonyl (C=O) groups is 2. The molecule has 1 aromatic heterocycles. The fraction of sp³-hybridized carbons (Fsp3) is 0.353. The zero-order valence-corrected chi connectivity index (χ0v) is 14.8. The topological polar surface area (TPSA) is 99.7 Å². The van der Waals surface area contributed by atoms with E-state index in [9.17, 15) is 18.0 Å². The van der Waals surface area contributed by atoms with Gasteiger partial charge in [0.15, 0.2) is 0 Å². The van der Waals surface area contributed by atoms with E-state index in [1.807, 2.05) is 12.1 Å². The summed E-state index contributed by atoms with van der Waals surface area (Å²) in [6.45, 7) is 0.527. The third kappa shape index (κ3) is 2.73. The van der Waals surface area contributed by atoms with Gasteiger partial charge in [-0.1, -0.05) is 18.2 Å². The minimum Gasteiger partial charge on any atom is -0.329 e. The van der Waals surface area contributed by atoms with Crippen molar-refractivity contribution >= 4 is 32.9 Å². The number of amides is 3. The van der Waals surface area contributed by atoms with Crippen LogP contribution in [0.25, 0.3) is 10.9 Å². The molecule has 0 atom stereocenters. The van der Waals surface area contributed by atoms with Crippen molar-refractivity contribution in [1.82, 2.24) is 19.5 Å². The summed E-state index contributed by atoms with van der Waals surface area (Å²) in [5.74, 6) is -0.255. The highest BCUT2D eigenvalue weighted by Gasteiger charge is 2.39. The summed E-state index contributed by atoms with van der Waals surface area (Å²) in [6, 6.07) is 8.03. The van der Waals surface area contributed by atoms with E-state index >= 15 is 0 Å². The first kappa shape index (κ1) is 16.9. The third-order valence-electron chi connectivity index (χ3n) is 4.88. The Morgan fingerprint density at radius 2 is 1.81 bits per heavy atom. The standard InChI is InChI=1S/C17H18N4O4S/c22-15-11-19-17(23)21(15)13-6-9-20(10-7-13)26(24,25)14-5-1-3-12-4-2-8-18-16(12)14/h1-5,8,13H,6-7,9-11H2,(H,19,23). The quantitative estimate of drug-likeness (QED) is 0.806. The SMILES string of the molecule is O=C1CNC(=O)N1C1CCN(S(=O)(=O)c2cccc3cccnc23)CC1. The number of urea groups is 1. The lowest BCUT2D eigenvalue weighted by Crippen LogP contribution is -2.49. The van der Waals surface area contributed by atoms with Crippen molar-refractivity contribution in [3.8, 4) is 0 Å². The number of hydrogen-bond acceptors (Lipinski definition) is 5. The summed E-state index contributed by atoms with van der Waals surface area (Å²) < 4.78 is 27.6. The number of para-hydroxylation sites is 1. The van der Waals surface area contributed by atoms with E-state index in [1.165, 1.54) is 9.21 Å². The minimum absolute atomic E-state index is 0.0129. The number of pyridine rings is 1. The van der Waals surface area contributed by atoms with E-state index in [4.69, 9.17) is 0 Å². The molecule has 3 amide bonds. The summed E-state index contributed by atoms with van der Waals surface area (Å²) in [4.78, 5) is 29.3. The van der Waals surface area contributed by atoms with Crippen molar-refractivity contribution in [2.24, 2.45) is 0 Å². The van der Waals surface area contributed by atoms with Crippen molar-refractivity contribution < 1.29 is 18.0 Å². The van der Waals surface area contributed by atoms with Crippen LogP contribution in [0.1, 0.15) is 12.8 Å². The van der Waals surface area contributed by atoms with Gasteiger partial charge in [0.25, 0.3) is 0 Å². The van der Waals surface area contributed by atoms with Gasteiger partial charge >= 0.3 is 6.03 Å². The molecule has 2 saturated heterocycles. The maximum absolute atomic E-state index is 13.1. The van der Waals surface area contributed by atoms with Crippen LogP contribution in [0, 0.1) is 0 Å². The first-order valence-electron chi connectivity index (χ1n) is 8.42. The van der Waals surface area contributed by atoms with Crippen molar-refractivity contribution in [3.63, 3.8) is 0 Å². The number of nitrogens with one attached hydrogen (secondary N) is 1. The first-order chi connectivity index (χ1) is 12.5.